The largest absolute Gasteiger partial charge is 0.393 e. The minimum Gasteiger partial charge on any atom is -0.393 e. The number of imidazole rings is 1. The van der Waals surface area contributed by atoms with E-state index in [-0.39, 0.29) is 6.10 Å². The Morgan fingerprint density at radius 1 is 1.75 bits per heavy atom. The second-order valence-corrected chi connectivity index (χ2v) is 2.97. The third-order valence-electron chi connectivity index (χ3n) is 1.77. The van der Waals surface area contributed by atoms with Crippen LogP contribution in [0.3, 0.4) is 0 Å². The highest BCUT2D eigenvalue weighted by molar-refractivity contribution is 5.16. The van der Waals surface area contributed by atoms with E-state index in [9.17, 15) is 0 Å². The lowest BCUT2D eigenvalue weighted by molar-refractivity contribution is 0.179. The molecule has 4 nitrogen and oxygen atoms in total. The number of aryl methyl sites for hydroxylation is 1. The van der Waals surface area contributed by atoms with Crippen LogP contribution in [0.15, 0.2) is 12.4 Å². The Balaban J connectivity index is 2.29. The first-order chi connectivity index (χ1) is 5.70. The van der Waals surface area contributed by atoms with E-state index >= 15 is 0 Å². The van der Waals surface area contributed by atoms with E-state index < -0.39 is 0 Å². The van der Waals surface area contributed by atoms with Crippen molar-refractivity contribution in [2.45, 2.75) is 32.4 Å². The first-order valence-corrected chi connectivity index (χ1v) is 4.15. The van der Waals surface area contributed by atoms with Crippen molar-refractivity contribution in [1.82, 2.24) is 9.55 Å². The monoisotopic (exact) mass is 169 g/mol. The van der Waals surface area contributed by atoms with E-state index in [1.165, 1.54) is 0 Å². The highest BCUT2D eigenvalue weighted by atomic mass is 16.3. The highest BCUT2D eigenvalue weighted by Crippen LogP contribution is 2.03. The summed E-state index contributed by atoms with van der Waals surface area (Å²) in [5.74, 6) is 0.542. The Morgan fingerprint density at radius 2 is 2.50 bits per heavy atom. The first kappa shape index (κ1) is 9.06. The molecule has 0 spiro atoms. The number of aromatic nitrogens is 2. The van der Waals surface area contributed by atoms with Gasteiger partial charge in [0.15, 0.2) is 5.95 Å². The maximum atomic E-state index is 8.99. The topological polar surface area (TPSA) is 64.1 Å². The predicted molar refractivity (Wildman–Crippen MR) is 47.6 cm³/mol. The van der Waals surface area contributed by atoms with Gasteiger partial charge in [0.1, 0.15) is 0 Å². The second-order valence-electron chi connectivity index (χ2n) is 2.97. The molecule has 0 aliphatic carbocycles. The Kier molecular flexibility index (Phi) is 3.10. The van der Waals surface area contributed by atoms with Crippen molar-refractivity contribution in [3.8, 4) is 0 Å². The van der Waals surface area contributed by atoms with Gasteiger partial charge in [0.2, 0.25) is 0 Å². The van der Waals surface area contributed by atoms with Crippen molar-refractivity contribution in [3.63, 3.8) is 0 Å². The summed E-state index contributed by atoms with van der Waals surface area (Å²) in [6.45, 7) is 2.62. The normalized spacial score (nSPS) is 13.2. The van der Waals surface area contributed by atoms with Gasteiger partial charge in [-0.1, -0.05) is 0 Å². The molecule has 3 N–H and O–H groups in total. The molecule has 0 radical (unpaired) electrons. The van der Waals surface area contributed by atoms with Gasteiger partial charge in [-0.25, -0.2) is 4.98 Å². The van der Waals surface area contributed by atoms with Crippen molar-refractivity contribution in [3.05, 3.63) is 12.4 Å². The van der Waals surface area contributed by atoms with Crippen molar-refractivity contribution in [1.29, 1.82) is 0 Å². The molecule has 0 aliphatic heterocycles. The van der Waals surface area contributed by atoms with E-state index in [0.717, 1.165) is 19.4 Å². The molecule has 12 heavy (non-hydrogen) atoms. The smallest absolute Gasteiger partial charge is 0.200 e. The third kappa shape index (κ3) is 2.54. The van der Waals surface area contributed by atoms with E-state index in [4.69, 9.17) is 10.8 Å². The standard InChI is InChI=1S/C8H15N3O/c1-7(12)3-2-5-11-6-4-10-8(11)9/h4,6-7,12H,2-3,5H2,1H3,(H2,9,10). The summed E-state index contributed by atoms with van der Waals surface area (Å²) in [5, 5.41) is 8.99. The SMILES string of the molecule is CC(O)CCCn1ccnc1N. The Morgan fingerprint density at radius 3 is 3.00 bits per heavy atom. The van der Waals surface area contributed by atoms with Crippen molar-refractivity contribution < 1.29 is 5.11 Å². The van der Waals surface area contributed by atoms with E-state index in [2.05, 4.69) is 4.98 Å². The van der Waals surface area contributed by atoms with Crippen LogP contribution in [-0.2, 0) is 6.54 Å². The molecule has 0 saturated heterocycles. The summed E-state index contributed by atoms with van der Waals surface area (Å²) in [4.78, 5) is 3.89. The van der Waals surface area contributed by atoms with E-state index in [1.54, 1.807) is 13.1 Å². The van der Waals surface area contributed by atoms with Crippen LogP contribution < -0.4 is 5.73 Å². The number of nitrogens with zero attached hydrogens (tertiary/aromatic N) is 2. The van der Waals surface area contributed by atoms with Gasteiger partial charge < -0.3 is 15.4 Å². The Hall–Kier alpha value is -1.03. The van der Waals surface area contributed by atoms with Crippen LogP contribution in [0.4, 0.5) is 5.95 Å². The second kappa shape index (κ2) is 4.11. The lowest BCUT2D eigenvalue weighted by Gasteiger charge is -2.05. The molecule has 1 unspecified atom stereocenters. The molecule has 0 saturated carbocycles. The molecular formula is C8H15N3O. The average molecular weight is 169 g/mol. The van der Waals surface area contributed by atoms with Gasteiger partial charge in [0.25, 0.3) is 0 Å². The first-order valence-electron chi connectivity index (χ1n) is 4.15. The maximum absolute atomic E-state index is 8.99. The molecule has 1 aromatic rings. The van der Waals surface area contributed by atoms with E-state index in [1.807, 2.05) is 10.8 Å². The van der Waals surface area contributed by atoms with Gasteiger partial charge in [-0.2, -0.15) is 0 Å². The van der Waals surface area contributed by atoms with Crippen molar-refractivity contribution >= 4 is 5.95 Å². The number of aliphatic hydroxyl groups excluding tert-OH is 1. The van der Waals surface area contributed by atoms with Crippen LogP contribution in [0.5, 0.6) is 0 Å². The van der Waals surface area contributed by atoms with Crippen molar-refractivity contribution in [2.75, 3.05) is 5.73 Å². The number of nitrogens with two attached hydrogens (primary N) is 1. The van der Waals surface area contributed by atoms with Crippen LogP contribution in [0.2, 0.25) is 0 Å². The van der Waals surface area contributed by atoms with Gasteiger partial charge in [0.05, 0.1) is 6.10 Å². The zero-order valence-corrected chi connectivity index (χ0v) is 7.27. The summed E-state index contributed by atoms with van der Waals surface area (Å²) in [7, 11) is 0. The lowest BCUT2D eigenvalue weighted by Crippen LogP contribution is -2.05. The maximum Gasteiger partial charge on any atom is 0.200 e. The molecule has 1 heterocycles. The molecule has 0 fully saturated rings. The van der Waals surface area contributed by atoms with E-state index in [0.29, 0.717) is 5.95 Å². The van der Waals surface area contributed by atoms with Crippen LogP contribution in [0, 0.1) is 0 Å². The summed E-state index contributed by atoms with van der Waals surface area (Å²) in [6.07, 6.45) is 5.03. The van der Waals surface area contributed by atoms with Crippen LogP contribution in [0.1, 0.15) is 19.8 Å². The number of aliphatic hydroxyl groups is 1. The molecule has 4 heteroatoms. The van der Waals surface area contributed by atoms with Crippen LogP contribution in [0.25, 0.3) is 0 Å². The Bertz CT molecular complexity index is 232. The molecule has 68 valence electrons. The number of nitrogen functional groups attached to an aromatic ring is 1. The summed E-state index contributed by atoms with van der Waals surface area (Å²) >= 11 is 0. The van der Waals surface area contributed by atoms with Crippen LogP contribution in [-0.4, -0.2) is 20.8 Å². The van der Waals surface area contributed by atoms with Gasteiger partial charge >= 0.3 is 0 Å². The minimum absolute atomic E-state index is 0.227. The third-order valence-corrected chi connectivity index (χ3v) is 1.77. The molecular weight excluding hydrogens is 154 g/mol. The number of anilines is 1. The predicted octanol–water partition coefficient (Wildman–Crippen LogP) is 0.626. The molecule has 0 amide bonds. The molecule has 0 bridgehead atoms. The summed E-state index contributed by atoms with van der Waals surface area (Å²) in [5.41, 5.74) is 5.55. The summed E-state index contributed by atoms with van der Waals surface area (Å²) in [6, 6.07) is 0. The van der Waals surface area contributed by atoms with Gasteiger partial charge in [-0.15, -0.1) is 0 Å². The lowest BCUT2D eigenvalue weighted by atomic mass is 10.2. The Labute approximate surface area is 72.0 Å². The zero-order chi connectivity index (χ0) is 8.97. The number of hydrogen-bond acceptors (Lipinski definition) is 3. The fourth-order valence-corrected chi connectivity index (χ4v) is 1.09. The number of rotatable bonds is 4. The fraction of sp³-hybridized carbons (Fsp3) is 0.625. The molecule has 1 atom stereocenters. The number of hydrogen-bond donors (Lipinski definition) is 2. The molecule has 1 aromatic heterocycles. The summed E-state index contributed by atoms with van der Waals surface area (Å²) < 4.78 is 1.88. The zero-order valence-electron chi connectivity index (χ0n) is 7.27. The van der Waals surface area contributed by atoms with Crippen molar-refractivity contribution in [2.24, 2.45) is 0 Å². The quantitative estimate of drug-likeness (QED) is 0.694. The fourth-order valence-electron chi connectivity index (χ4n) is 1.09. The molecule has 0 aliphatic rings. The van der Waals surface area contributed by atoms with Gasteiger partial charge in [-0.05, 0) is 19.8 Å². The average Bonchev–Trinajstić information content (AvgIpc) is 2.36. The minimum atomic E-state index is -0.227. The van der Waals surface area contributed by atoms with Gasteiger partial charge in [-0.3, -0.25) is 0 Å². The van der Waals surface area contributed by atoms with Crippen LogP contribution >= 0.6 is 0 Å². The molecule has 0 aromatic carbocycles. The van der Waals surface area contributed by atoms with Gasteiger partial charge in [0, 0.05) is 18.9 Å². The highest BCUT2D eigenvalue weighted by Gasteiger charge is 1.98. The molecule has 1 rings (SSSR count).